The highest BCUT2D eigenvalue weighted by Gasteiger charge is 2.36. The van der Waals surface area contributed by atoms with Gasteiger partial charge in [0.05, 0.1) is 0 Å². The van der Waals surface area contributed by atoms with E-state index in [0.717, 1.165) is 24.2 Å². The van der Waals surface area contributed by atoms with Crippen molar-refractivity contribution in [1.29, 1.82) is 0 Å². The van der Waals surface area contributed by atoms with Crippen molar-refractivity contribution in [3.05, 3.63) is 35.4 Å². The zero-order valence-electron chi connectivity index (χ0n) is 12.8. The highest BCUT2D eigenvalue weighted by molar-refractivity contribution is 5.94. The first-order valence-corrected chi connectivity index (χ1v) is 8.05. The molecule has 2 atom stereocenters. The van der Waals surface area contributed by atoms with Gasteiger partial charge in [0, 0.05) is 25.2 Å². The van der Waals surface area contributed by atoms with Crippen LogP contribution in [-0.4, -0.2) is 29.9 Å². The molecule has 0 aromatic heterocycles. The summed E-state index contributed by atoms with van der Waals surface area (Å²) in [5, 5.41) is 2.54. The molecule has 1 aromatic rings. The van der Waals surface area contributed by atoms with E-state index in [1.54, 1.807) is 0 Å². The average molecular weight is 301 g/mol. The van der Waals surface area contributed by atoms with E-state index < -0.39 is 6.03 Å². The predicted octanol–water partition coefficient (Wildman–Crippen LogP) is 2.12. The number of likely N-dealkylation sites (tertiary alicyclic amines) is 1. The molecule has 1 aromatic carbocycles. The monoisotopic (exact) mass is 301 g/mol. The molecule has 0 bridgehead atoms. The molecule has 1 saturated carbocycles. The van der Waals surface area contributed by atoms with Gasteiger partial charge < -0.3 is 16.0 Å². The molecule has 118 valence electrons. The standard InChI is InChI=1S/C17H23N3O2/c18-17(22)19-9-12-5-7-13(8-6-12)16(21)20-10-14-3-1-2-4-15(14)11-20/h5-8,14-15H,1-4,9-11H2,(H3,18,19,22). The number of nitrogens with zero attached hydrogens (tertiary/aromatic N) is 1. The Bertz CT molecular complexity index is 542. The molecule has 1 saturated heterocycles. The largest absolute Gasteiger partial charge is 0.352 e. The van der Waals surface area contributed by atoms with E-state index in [9.17, 15) is 9.59 Å². The molecule has 2 fully saturated rings. The van der Waals surface area contributed by atoms with Crippen molar-refractivity contribution in [1.82, 2.24) is 10.2 Å². The smallest absolute Gasteiger partial charge is 0.312 e. The van der Waals surface area contributed by atoms with E-state index in [1.165, 1.54) is 25.7 Å². The number of amides is 3. The van der Waals surface area contributed by atoms with Gasteiger partial charge in [0.1, 0.15) is 0 Å². The molecule has 1 aliphatic carbocycles. The second kappa shape index (κ2) is 6.38. The Kier molecular flexibility index (Phi) is 4.32. The first-order chi connectivity index (χ1) is 10.6. The maximum atomic E-state index is 12.6. The highest BCUT2D eigenvalue weighted by Crippen LogP contribution is 2.36. The van der Waals surface area contributed by atoms with Gasteiger partial charge in [-0.2, -0.15) is 0 Å². The second-order valence-corrected chi connectivity index (χ2v) is 6.43. The van der Waals surface area contributed by atoms with Gasteiger partial charge in [-0.25, -0.2) is 4.79 Å². The van der Waals surface area contributed by atoms with Crippen molar-refractivity contribution in [3.63, 3.8) is 0 Å². The quantitative estimate of drug-likeness (QED) is 0.897. The Balaban J connectivity index is 1.61. The number of nitrogens with one attached hydrogen (secondary N) is 1. The number of hydrogen-bond acceptors (Lipinski definition) is 2. The van der Waals surface area contributed by atoms with Gasteiger partial charge in [-0.15, -0.1) is 0 Å². The zero-order chi connectivity index (χ0) is 15.5. The van der Waals surface area contributed by atoms with Crippen molar-refractivity contribution in [2.24, 2.45) is 17.6 Å². The van der Waals surface area contributed by atoms with E-state index >= 15 is 0 Å². The van der Waals surface area contributed by atoms with Crippen LogP contribution in [0.5, 0.6) is 0 Å². The third-order valence-corrected chi connectivity index (χ3v) is 4.93. The van der Waals surface area contributed by atoms with Crippen LogP contribution in [0.3, 0.4) is 0 Å². The van der Waals surface area contributed by atoms with E-state index in [-0.39, 0.29) is 5.91 Å². The SMILES string of the molecule is NC(=O)NCc1ccc(C(=O)N2CC3CCCCC3C2)cc1. The van der Waals surface area contributed by atoms with Crippen LogP contribution in [0.25, 0.3) is 0 Å². The van der Waals surface area contributed by atoms with E-state index in [4.69, 9.17) is 5.73 Å². The van der Waals surface area contributed by atoms with Crippen molar-refractivity contribution >= 4 is 11.9 Å². The minimum Gasteiger partial charge on any atom is -0.352 e. The Labute approximate surface area is 130 Å². The summed E-state index contributed by atoms with van der Waals surface area (Å²) in [6.07, 6.45) is 5.16. The summed E-state index contributed by atoms with van der Waals surface area (Å²) < 4.78 is 0. The molecule has 0 spiro atoms. The van der Waals surface area contributed by atoms with Crippen LogP contribution < -0.4 is 11.1 Å². The van der Waals surface area contributed by atoms with Gasteiger partial charge in [0.25, 0.3) is 5.91 Å². The summed E-state index contributed by atoms with van der Waals surface area (Å²) >= 11 is 0. The first-order valence-electron chi connectivity index (χ1n) is 8.05. The fourth-order valence-electron chi connectivity index (χ4n) is 3.71. The Hall–Kier alpha value is -2.04. The topological polar surface area (TPSA) is 75.4 Å². The molecular weight excluding hydrogens is 278 g/mol. The summed E-state index contributed by atoms with van der Waals surface area (Å²) in [6.45, 7) is 2.21. The predicted molar refractivity (Wildman–Crippen MR) is 84.2 cm³/mol. The molecule has 2 unspecified atom stereocenters. The summed E-state index contributed by atoms with van der Waals surface area (Å²) in [6, 6.07) is 6.86. The zero-order valence-corrected chi connectivity index (χ0v) is 12.8. The minimum atomic E-state index is -0.542. The number of hydrogen-bond donors (Lipinski definition) is 2. The van der Waals surface area contributed by atoms with Gasteiger partial charge >= 0.3 is 6.03 Å². The number of primary amides is 1. The van der Waals surface area contributed by atoms with Crippen molar-refractivity contribution in [2.45, 2.75) is 32.2 Å². The molecule has 5 heteroatoms. The molecule has 2 aliphatic rings. The minimum absolute atomic E-state index is 0.129. The Morgan fingerprint density at radius 3 is 2.23 bits per heavy atom. The lowest BCUT2D eigenvalue weighted by molar-refractivity contribution is 0.0784. The van der Waals surface area contributed by atoms with E-state index in [2.05, 4.69) is 5.32 Å². The lowest BCUT2D eigenvalue weighted by Gasteiger charge is -2.22. The molecule has 3 amide bonds. The summed E-state index contributed by atoms with van der Waals surface area (Å²) in [5.41, 5.74) is 6.71. The van der Waals surface area contributed by atoms with Gasteiger partial charge in [0.2, 0.25) is 0 Å². The summed E-state index contributed by atoms with van der Waals surface area (Å²) in [4.78, 5) is 25.3. The lowest BCUT2D eigenvalue weighted by atomic mass is 9.82. The Morgan fingerprint density at radius 1 is 1.09 bits per heavy atom. The lowest BCUT2D eigenvalue weighted by Crippen LogP contribution is -2.29. The molecule has 22 heavy (non-hydrogen) atoms. The highest BCUT2D eigenvalue weighted by atomic mass is 16.2. The number of carbonyl (C=O) groups excluding carboxylic acids is 2. The maximum Gasteiger partial charge on any atom is 0.312 e. The van der Waals surface area contributed by atoms with Crippen LogP contribution in [0.4, 0.5) is 4.79 Å². The number of urea groups is 1. The molecular formula is C17H23N3O2. The van der Waals surface area contributed by atoms with Crippen molar-refractivity contribution < 1.29 is 9.59 Å². The third-order valence-electron chi connectivity index (χ3n) is 4.93. The van der Waals surface area contributed by atoms with Gasteiger partial charge in [-0.3, -0.25) is 4.79 Å². The average Bonchev–Trinajstić information content (AvgIpc) is 2.96. The Morgan fingerprint density at radius 2 is 1.68 bits per heavy atom. The number of fused-ring (bicyclic) bond motifs is 1. The third kappa shape index (κ3) is 3.24. The second-order valence-electron chi connectivity index (χ2n) is 6.43. The molecule has 5 nitrogen and oxygen atoms in total. The summed E-state index contributed by atoms with van der Waals surface area (Å²) in [5.74, 6) is 1.54. The van der Waals surface area contributed by atoms with Gasteiger partial charge in [-0.1, -0.05) is 25.0 Å². The van der Waals surface area contributed by atoms with Crippen molar-refractivity contribution in [2.75, 3.05) is 13.1 Å². The fourth-order valence-corrected chi connectivity index (χ4v) is 3.71. The summed E-state index contributed by atoms with van der Waals surface area (Å²) in [7, 11) is 0. The van der Waals surface area contributed by atoms with Crippen LogP contribution >= 0.6 is 0 Å². The van der Waals surface area contributed by atoms with Gasteiger partial charge in [-0.05, 0) is 42.4 Å². The fraction of sp³-hybridized carbons (Fsp3) is 0.529. The number of nitrogens with two attached hydrogens (primary N) is 1. The first kappa shape index (κ1) is 14.9. The number of carbonyl (C=O) groups is 2. The van der Waals surface area contributed by atoms with Crippen LogP contribution in [0, 0.1) is 11.8 Å². The number of rotatable bonds is 3. The van der Waals surface area contributed by atoms with Crippen LogP contribution in [0.1, 0.15) is 41.6 Å². The van der Waals surface area contributed by atoms with Gasteiger partial charge in [0.15, 0.2) is 0 Å². The molecule has 3 N–H and O–H groups in total. The number of benzene rings is 1. The molecule has 0 radical (unpaired) electrons. The maximum absolute atomic E-state index is 12.6. The van der Waals surface area contributed by atoms with Crippen LogP contribution in [0.2, 0.25) is 0 Å². The molecule has 1 heterocycles. The van der Waals surface area contributed by atoms with Crippen LogP contribution in [-0.2, 0) is 6.54 Å². The van der Waals surface area contributed by atoms with Crippen LogP contribution in [0.15, 0.2) is 24.3 Å². The van der Waals surface area contributed by atoms with Crippen molar-refractivity contribution in [3.8, 4) is 0 Å². The normalized spacial score (nSPS) is 23.9. The van der Waals surface area contributed by atoms with E-state index in [1.807, 2.05) is 29.2 Å². The molecule has 1 aliphatic heterocycles. The van der Waals surface area contributed by atoms with E-state index in [0.29, 0.717) is 18.4 Å². The molecule has 3 rings (SSSR count).